The summed E-state index contributed by atoms with van der Waals surface area (Å²) in [6.07, 6.45) is 3.54. The van der Waals surface area contributed by atoms with Crippen LogP contribution in [0.25, 0.3) is 0 Å². The van der Waals surface area contributed by atoms with Gasteiger partial charge in [0.1, 0.15) is 6.04 Å². The molecule has 1 amide bonds. The van der Waals surface area contributed by atoms with Gasteiger partial charge in [-0.25, -0.2) is 0 Å². The Labute approximate surface area is 141 Å². The molecule has 0 fully saturated rings. The summed E-state index contributed by atoms with van der Waals surface area (Å²) >= 11 is 5.97. The average Bonchev–Trinajstić information content (AvgIpc) is 2.86. The van der Waals surface area contributed by atoms with Crippen molar-refractivity contribution >= 4 is 29.9 Å². The molecule has 0 aliphatic heterocycles. The Morgan fingerprint density at radius 2 is 2.23 bits per heavy atom. The van der Waals surface area contributed by atoms with E-state index >= 15 is 0 Å². The van der Waals surface area contributed by atoms with Gasteiger partial charge in [0.2, 0.25) is 5.91 Å². The van der Waals surface area contributed by atoms with Crippen LogP contribution in [0.3, 0.4) is 0 Å². The molecular weight excluding hydrogens is 323 g/mol. The van der Waals surface area contributed by atoms with Crippen LogP contribution in [-0.2, 0) is 18.4 Å². The molecule has 0 bridgehead atoms. The maximum absolute atomic E-state index is 12.6. The number of benzene rings is 1. The minimum atomic E-state index is -0.400. The van der Waals surface area contributed by atoms with Gasteiger partial charge < -0.3 is 10.2 Å². The Balaban J connectivity index is 0.00000242. The van der Waals surface area contributed by atoms with E-state index in [0.717, 1.165) is 11.1 Å². The van der Waals surface area contributed by atoms with Gasteiger partial charge in [-0.1, -0.05) is 23.7 Å². The highest BCUT2D eigenvalue weighted by molar-refractivity contribution is 6.30. The lowest BCUT2D eigenvalue weighted by Crippen LogP contribution is -2.37. The molecule has 1 aromatic heterocycles. The Morgan fingerprint density at radius 3 is 2.77 bits per heavy atom. The smallest absolute Gasteiger partial charge is 0.244 e. The lowest BCUT2D eigenvalue weighted by atomic mass is 10.1. The third-order valence-electron chi connectivity index (χ3n) is 3.28. The maximum Gasteiger partial charge on any atom is 0.244 e. The van der Waals surface area contributed by atoms with Crippen molar-refractivity contribution in [3.63, 3.8) is 0 Å². The second-order valence-corrected chi connectivity index (χ2v) is 5.43. The number of halogens is 2. The predicted molar refractivity (Wildman–Crippen MR) is 90.2 cm³/mol. The molecule has 2 aromatic rings. The van der Waals surface area contributed by atoms with Crippen molar-refractivity contribution in [2.45, 2.75) is 12.6 Å². The minimum Gasteiger partial charge on any atom is -0.340 e. The molecule has 22 heavy (non-hydrogen) atoms. The molecule has 5 nitrogen and oxygen atoms in total. The number of amides is 1. The second kappa shape index (κ2) is 8.17. The molecule has 1 aromatic carbocycles. The first-order valence-corrected chi connectivity index (χ1v) is 7.04. The number of hydrogen-bond donors (Lipinski definition) is 1. The van der Waals surface area contributed by atoms with E-state index in [4.69, 9.17) is 11.6 Å². The summed E-state index contributed by atoms with van der Waals surface area (Å²) in [7, 11) is 5.38. The van der Waals surface area contributed by atoms with Crippen molar-refractivity contribution in [1.29, 1.82) is 0 Å². The number of carbonyl (C=O) groups is 1. The van der Waals surface area contributed by atoms with Gasteiger partial charge in [0.25, 0.3) is 0 Å². The van der Waals surface area contributed by atoms with E-state index < -0.39 is 6.04 Å². The number of nitrogens with zero attached hydrogens (tertiary/aromatic N) is 3. The number of nitrogens with one attached hydrogen (secondary N) is 1. The highest BCUT2D eigenvalue weighted by Gasteiger charge is 2.23. The molecule has 1 N–H and O–H groups in total. The van der Waals surface area contributed by atoms with E-state index in [0.29, 0.717) is 11.6 Å². The van der Waals surface area contributed by atoms with Crippen molar-refractivity contribution in [2.24, 2.45) is 7.05 Å². The second-order valence-electron chi connectivity index (χ2n) is 4.99. The quantitative estimate of drug-likeness (QED) is 0.907. The van der Waals surface area contributed by atoms with Gasteiger partial charge in [-0.05, 0) is 24.7 Å². The van der Waals surface area contributed by atoms with Crippen molar-refractivity contribution in [3.8, 4) is 0 Å². The van der Waals surface area contributed by atoms with Crippen LogP contribution in [-0.4, -0.2) is 34.7 Å². The summed E-state index contributed by atoms with van der Waals surface area (Å²) in [6, 6.07) is 7.12. The summed E-state index contributed by atoms with van der Waals surface area (Å²) in [5, 5.41) is 7.82. The number of carbonyl (C=O) groups excluding carboxylic acids is 1. The van der Waals surface area contributed by atoms with E-state index in [1.54, 1.807) is 29.9 Å². The topological polar surface area (TPSA) is 50.2 Å². The number of likely N-dealkylation sites (N-methyl/N-ethyl adjacent to an activating group) is 2. The van der Waals surface area contributed by atoms with E-state index in [1.807, 2.05) is 37.5 Å². The van der Waals surface area contributed by atoms with Gasteiger partial charge in [0, 0.05) is 37.4 Å². The number of hydrogen-bond acceptors (Lipinski definition) is 3. The summed E-state index contributed by atoms with van der Waals surface area (Å²) in [5.41, 5.74) is 1.85. The Morgan fingerprint density at radius 1 is 1.50 bits per heavy atom. The van der Waals surface area contributed by atoms with Crippen LogP contribution in [0, 0.1) is 0 Å². The zero-order chi connectivity index (χ0) is 15.4. The van der Waals surface area contributed by atoms with E-state index in [-0.39, 0.29) is 18.3 Å². The minimum absolute atomic E-state index is 0. The summed E-state index contributed by atoms with van der Waals surface area (Å²) in [4.78, 5) is 14.2. The van der Waals surface area contributed by atoms with Gasteiger partial charge >= 0.3 is 0 Å². The van der Waals surface area contributed by atoms with Crippen LogP contribution in [0.4, 0.5) is 0 Å². The first-order chi connectivity index (χ1) is 10.0. The molecule has 2 rings (SSSR count). The van der Waals surface area contributed by atoms with Gasteiger partial charge in [-0.2, -0.15) is 5.10 Å². The number of rotatable bonds is 5. The third-order valence-corrected chi connectivity index (χ3v) is 3.51. The monoisotopic (exact) mass is 342 g/mol. The molecule has 0 radical (unpaired) electrons. The van der Waals surface area contributed by atoms with Crippen LogP contribution < -0.4 is 5.32 Å². The molecular formula is C15H20Cl2N4O. The fourth-order valence-corrected chi connectivity index (χ4v) is 2.44. The molecule has 1 unspecified atom stereocenters. The molecule has 0 spiro atoms. The first kappa shape index (κ1) is 18.5. The van der Waals surface area contributed by atoms with Crippen molar-refractivity contribution in [1.82, 2.24) is 20.0 Å². The number of aromatic nitrogens is 2. The van der Waals surface area contributed by atoms with Crippen molar-refractivity contribution in [3.05, 3.63) is 52.8 Å². The Bertz CT molecular complexity index is 630. The molecule has 1 atom stereocenters. The summed E-state index contributed by atoms with van der Waals surface area (Å²) < 4.78 is 1.68. The molecule has 120 valence electrons. The molecule has 0 aliphatic rings. The van der Waals surface area contributed by atoms with Crippen molar-refractivity contribution < 1.29 is 4.79 Å². The molecule has 0 saturated carbocycles. The van der Waals surface area contributed by atoms with Crippen LogP contribution in [0.15, 0.2) is 36.7 Å². The molecule has 0 saturated heterocycles. The van der Waals surface area contributed by atoms with E-state index in [9.17, 15) is 4.79 Å². The zero-order valence-electron chi connectivity index (χ0n) is 12.8. The first-order valence-electron chi connectivity index (χ1n) is 6.66. The standard InChI is InChI=1S/C15H19ClN4O.ClH/c1-17-14(12-8-18-20(3)10-12)15(21)19(2)9-11-5-4-6-13(16)7-11;/h4-8,10,14,17H,9H2,1-3H3;1H. The fourth-order valence-electron chi connectivity index (χ4n) is 2.23. The highest BCUT2D eigenvalue weighted by Crippen LogP contribution is 2.17. The summed E-state index contributed by atoms with van der Waals surface area (Å²) in [6.45, 7) is 0.512. The normalized spacial score (nSPS) is 11.6. The van der Waals surface area contributed by atoms with Gasteiger partial charge in [-0.15, -0.1) is 12.4 Å². The maximum atomic E-state index is 12.6. The molecule has 0 aliphatic carbocycles. The Hall–Kier alpha value is -1.56. The van der Waals surface area contributed by atoms with Gasteiger partial charge in [0.05, 0.1) is 6.20 Å². The lowest BCUT2D eigenvalue weighted by molar-refractivity contribution is -0.132. The van der Waals surface area contributed by atoms with Gasteiger partial charge in [0.15, 0.2) is 0 Å². The summed E-state index contributed by atoms with van der Waals surface area (Å²) in [5.74, 6) is -0.00882. The zero-order valence-corrected chi connectivity index (χ0v) is 14.4. The van der Waals surface area contributed by atoms with Crippen molar-refractivity contribution in [2.75, 3.05) is 14.1 Å². The van der Waals surface area contributed by atoms with Gasteiger partial charge in [-0.3, -0.25) is 9.48 Å². The van der Waals surface area contributed by atoms with E-state index in [2.05, 4.69) is 10.4 Å². The Kier molecular flexibility index (Phi) is 6.87. The fraction of sp³-hybridized carbons (Fsp3) is 0.333. The molecule has 1 heterocycles. The van der Waals surface area contributed by atoms with E-state index in [1.165, 1.54) is 0 Å². The largest absolute Gasteiger partial charge is 0.340 e. The van der Waals surface area contributed by atoms with Crippen LogP contribution in [0.2, 0.25) is 5.02 Å². The third kappa shape index (κ3) is 4.47. The predicted octanol–water partition coefficient (Wildman–Crippen LogP) is 2.41. The SMILES string of the molecule is CNC(C(=O)N(C)Cc1cccc(Cl)c1)c1cnn(C)c1.Cl. The average molecular weight is 343 g/mol. The highest BCUT2D eigenvalue weighted by atomic mass is 35.5. The van der Waals surface area contributed by atoms with Crippen LogP contribution in [0.5, 0.6) is 0 Å². The molecule has 7 heteroatoms. The van der Waals surface area contributed by atoms with Crippen LogP contribution >= 0.6 is 24.0 Å². The lowest BCUT2D eigenvalue weighted by Gasteiger charge is -2.23. The number of aryl methyl sites for hydroxylation is 1. The van der Waals surface area contributed by atoms with Crippen LogP contribution in [0.1, 0.15) is 17.2 Å².